The number of aliphatic hydroxyl groups is 2. The van der Waals surface area contributed by atoms with Crippen LogP contribution in [-0.2, 0) is 9.53 Å². The summed E-state index contributed by atoms with van der Waals surface area (Å²) in [7, 11) is 1.43. The summed E-state index contributed by atoms with van der Waals surface area (Å²) in [5, 5.41) is 20.3. The zero-order valence-electron chi connectivity index (χ0n) is 10.8. The van der Waals surface area contributed by atoms with Crippen LogP contribution in [0.1, 0.15) is 25.0 Å². The smallest absolute Gasteiger partial charge is 0.308 e. The molecule has 0 aliphatic rings. The maximum absolute atomic E-state index is 11.3. The van der Waals surface area contributed by atoms with Crippen molar-refractivity contribution in [3.8, 4) is 5.75 Å². The summed E-state index contributed by atoms with van der Waals surface area (Å²) >= 11 is 5.81. The number of benzene rings is 1. The highest BCUT2D eigenvalue weighted by Gasteiger charge is 2.24. The molecule has 0 amide bonds. The van der Waals surface area contributed by atoms with E-state index < -0.39 is 18.2 Å². The number of halogens is 1. The summed E-state index contributed by atoms with van der Waals surface area (Å²) in [5.41, 5.74) is 0.365. The highest BCUT2D eigenvalue weighted by molar-refractivity contribution is 6.30. The van der Waals surface area contributed by atoms with Crippen molar-refractivity contribution in [1.82, 2.24) is 0 Å². The molecule has 0 aromatic heterocycles. The second-order valence-electron chi connectivity index (χ2n) is 3.91. The first-order valence-corrected chi connectivity index (χ1v) is 6.22. The van der Waals surface area contributed by atoms with Crippen molar-refractivity contribution in [1.29, 1.82) is 0 Å². The largest absolute Gasteiger partial charge is 0.496 e. The number of hydrogen-bond acceptors (Lipinski definition) is 5. The number of carbonyl (C=O) groups is 1. The third-order valence-corrected chi connectivity index (χ3v) is 2.79. The van der Waals surface area contributed by atoms with E-state index in [0.29, 0.717) is 16.3 Å². The number of carbonyl (C=O) groups excluding carboxylic acids is 1. The van der Waals surface area contributed by atoms with Gasteiger partial charge in [0.1, 0.15) is 11.9 Å². The van der Waals surface area contributed by atoms with Crippen LogP contribution in [0.3, 0.4) is 0 Å². The molecular weight excluding hydrogens is 272 g/mol. The Morgan fingerprint density at radius 1 is 1.42 bits per heavy atom. The quantitative estimate of drug-likeness (QED) is 0.779. The van der Waals surface area contributed by atoms with Crippen LogP contribution in [0.2, 0.25) is 5.02 Å². The van der Waals surface area contributed by atoms with Gasteiger partial charge < -0.3 is 19.7 Å². The first kappa shape index (κ1) is 15.8. The Labute approximate surface area is 116 Å². The van der Waals surface area contributed by atoms with Gasteiger partial charge in [-0.25, -0.2) is 0 Å². The Hall–Kier alpha value is -1.30. The second-order valence-corrected chi connectivity index (χ2v) is 4.34. The predicted octanol–water partition coefficient (Wildman–Crippen LogP) is 1.70. The van der Waals surface area contributed by atoms with Crippen LogP contribution >= 0.6 is 11.6 Å². The van der Waals surface area contributed by atoms with Gasteiger partial charge in [0.2, 0.25) is 0 Å². The summed E-state index contributed by atoms with van der Waals surface area (Å²) in [4.78, 5) is 11.3. The van der Waals surface area contributed by atoms with Gasteiger partial charge in [0.05, 0.1) is 26.2 Å². The molecule has 0 saturated heterocycles. The van der Waals surface area contributed by atoms with E-state index >= 15 is 0 Å². The lowest BCUT2D eigenvalue weighted by molar-refractivity contribution is -0.147. The highest BCUT2D eigenvalue weighted by Crippen LogP contribution is 2.30. The van der Waals surface area contributed by atoms with E-state index in [1.165, 1.54) is 13.2 Å². The van der Waals surface area contributed by atoms with E-state index in [9.17, 15) is 15.0 Å². The summed E-state index contributed by atoms with van der Waals surface area (Å²) in [6.45, 7) is 1.90. The van der Waals surface area contributed by atoms with Crippen molar-refractivity contribution in [2.24, 2.45) is 0 Å². The average molecular weight is 289 g/mol. The minimum absolute atomic E-state index is 0.228. The minimum Gasteiger partial charge on any atom is -0.496 e. The van der Waals surface area contributed by atoms with Crippen molar-refractivity contribution >= 4 is 17.6 Å². The molecule has 0 fully saturated rings. The fraction of sp³-hybridized carbons (Fsp3) is 0.462. The van der Waals surface area contributed by atoms with E-state index in [4.69, 9.17) is 21.1 Å². The fourth-order valence-corrected chi connectivity index (χ4v) is 1.80. The second kappa shape index (κ2) is 7.33. The summed E-state index contributed by atoms with van der Waals surface area (Å²) < 4.78 is 9.79. The molecule has 0 saturated carbocycles. The lowest BCUT2D eigenvalue weighted by Crippen LogP contribution is -2.23. The van der Waals surface area contributed by atoms with Crippen molar-refractivity contribution in [2.75, 3.05) is 13.7 Å². The topological polar surface area (TPSA) is 76.0 Å². The molecule has 5 nitrogen and oxygen atoms in total. The van der Waals surface area contributed by atoms with Gasteiger partial charge in [-0.2, -0.15) is 0 Å². The number of ether oxygens (including phenoxy) is 2. The maximum Gasteiger partial charge on any atom is 0.308 e. The summed E-state index contributed by atoms with van der Waals surface area (Å²) in [6, 6.07) is 4.64. The van der Waals surface area contributed by atoms with E-state index in [-0.39, 0.29) is 13.0 Å². The van der Waals surface area contributed by atoms with Gasteiger partial charge in [0.25, 0.3) is 0 Å². The number of esters is 1. The third-order valence-electron chi connectivity index (χ3n) is 2.56. The molecule has 1 aromatic carbocycles. The molecule has 0 aliphatic carbocycles. The van der Waals surface area contributed by atoms with E-state index in [0.717, 1.165) is 0 Å². The van der Waals surface area contributed by atoms with Crippen molar-refractivity contribution in [3.05, 3.63) is 28.8 Å². The van der Waals surface area contributed by atoms with Gasteiger partial charge in [-0.1, -0.05) is 17.7 Å². The molecule has 2 N–H and O–H groups in total. The third kappa shape index (κ3) is 4.38. The van der Waals surface area contributed by atoms with Crippen molar-refractivity contribution in [3.63, 3.8) is 0 Å². The van der Waals surface area contributed by atoms with Crippen LogP contribution in [-0.4, -0.2) is 36.0 Å². The molecule has 19 heavy (non-hydrogen) atoms. The van der Waals surface area contributed by atoms with Crippen molar-refractivity contribution < 1.29 is 24.5 Å². The van der Waals surface area contributed by atoms with Gasteiger partial charge >= 0.3 is 5.97 Å². The highest BCUT2D eigenvalue weighted by atomic mass is 35.5. The Kier molecular flexibility index (Phi) is 6.08. The molecule has 6 heteroatoms. The molecule has 1 rings (SSSR count). The molecule has 0 radical (unpaired) electrons. The van der Waals surface area contributed by atoms with E-state index in [2.05, 4.69) is 0 Å². The maximum atomic E-state index is 11.3. The van der Waals surface area contributed by atoms with Crippen LogP contribution in [0, 0.1) is 0 Å². The number of rotatable bonds is 6. The van der Waals surface area contributed by atoms with Crippen LogP contribution in [0.15, 0.2) is 18.2 Å². The number of aliphatic hydroxyl groups excluding tert-OH is 2. The molecule has 0 bridgehead atoms. The lowest BCUT2D eigenvalue weighted by Gasteiger charge is -2.19. The average Bonchev–Trinajstić information content (AvgIpc) is 2.37. The normalized spacial score (nSPS) is 13.7. The zero-order valence-corrected chi connectivity index (χ0v) is 11.6. The van der Waals surface area contributed by atoms with Gasteiger partial charge in [-0.05, 0) is 19.1 Å². The van der Waals surface area contributed by atoms with Gasteiger partial charge in [-0.15, -0.1) is 0 Å². The summed E-state index contributed by atoms with van der Waals surface area (Å²) in [6.07, 6.45) is -2.81. The Morgan fingerprint density at radius 2 is 2.11 bits per heavy atom. The molecule has 106 valence electrons. The lowest BCUT2D eigenvalue weighted by atomic mass is 10.0. The van der Waals surface area contributed by atoms with E-state index in [1.807, 2.05) is 0 Å². The monoisotopic (exact) mass is 288 g/mol. The Bertz CT molecular complexity index is 435. The van der Waals surface area contributed by atoms with Gasteiger partial charge in [-0.3, -0.25) is 4.79 Å². The van der Waals surface area contributed by atoms with Gasteiger partial charge in [0, 0.05) is 10.6 Å². The number of hydrogen-bond donors (Lipinski definition) is 2. The fourth-order valence-electron chi connectivity index (χ4n) is 1.64. The minimum atomic E-state index is -1.27. The Balaban J connectivity index is 2.81. The molecule has 1 aromatic rings. The molecule has 0 aliphatic heterocycles. The summed E-state index contributed by atoms with van der Waals surface area (Å²) in [5.74, 6) is -0.218. The van der Waals surface area contributed by atoms with Crippen LogP contribution in [0.5, 0.6) is 5.75 Å². The zero-order chi connectivity index (χ0) is 14.4. The molecule has 0 spiro atoms. The van der Waals surface area contributed by atoms with Crippen LogP contribution in [0.4, 0.5) is 0 Å². The number of methoxy groups -OCH3 is 1. The van der Waals surface area contributed by atoms with Crippen molar-refractivity contribution in [2.45, 2.75) is 25.6 Å². The first-order chi connectivity index (χ1) is 8.99. The predicted molar refractivity (Wildman–Crippen MR) is 70.2 cm³/mol. The Morgan fingerprint density at radius 3 is 2.68 bits per heavy atom. The molecule has 2 unspecified atom stereocenters. The molecular formula is C13H17ClO5. The first-order valence-electron chi connectivity index (χ1n) is 5.84. The SMILES string of the molecule is CCOC(=O)CC(O)C(O)c1ccc(Cl)cc1OC. The standard InChI is InChI=1S/C13H17ClO5/c1-3-19-12(16)7-10(15)13(17)9-5-4-8(14)6-11(9)18-2/h4-6,10,13,15,17H,3,7H2,1-2H3. The van der Waals surface area contributed by atoms with E-state index in [1.54, 1.807) is 19.1 Å². The van der Waals surface area contributed by atoms with Crippen LogP contribution in [0.25, 0.3) is 0 Å². The molecule has 0 heterocycles. The van der Waals surface area contributed by atoms with Crippen LogP contribution < -0.4 is 4.74 Å². The molecule has 2 atom stereocenters. The van der Waals surface area contributed by atoms with Gasteiger partial charge in [0.15, 0.2) is 0 Å².